The van der Waals surface area contributed by atoms with Crippen LogP contribution in [0.2, 0.25) is 0 Å². The number of alkyl halides is 2. The topological polar surface area (TPSA) is 154 Å². The molecule has 0 saturated heterocycles. The molecule has 4 rings (SSSR count). The van der Waals surface area contributed by atoms with Crippen molar-refractivity contribution in [2.45, 2.75) is 59.9 Å². The number of carbonyl (C=O) groups is 3. The summed E-state index contributed by atoms with van der Waals surface area (Å²) in [5, 5.41) is 21.4. The van der Waals surface area contributed by atoms with Gasteiger partial charge in [0.2, 0.25) is 5.91 Å². The average Bonchev–Trinajstić information content (AvgIpc) is 3.53. The number of aliphatic hydroxyl groups is 2. The zero-order chi connectivity index (χ0) is 37.5. The van der Waals surface area contributed by atoms with Crippen LogP contribution >= 0.6 is 11.3 Å². The van der Waals surface area contributed by atoms with Crippen molar-refractivity contribution in [2.24, 2.45) is 11.1 Å². The molecular formula is C35H48F3N3O6S. The molecule has 0 saturated carbocycles. The third-order valence-electron chi connectivity index (χ3n) is 6.08. The predicted molar refractivity (Wildman–Crippen MR) is 186 cm³/mol. The molecule has 1 amide bonds. The van der Waals surface area contributed by atoms with Gasteiger partial charge in [0.15, 0.2) is 24.1 Å². The maximum Gasteiger partial charge on any atom is 0.299 e. The van der Waals surface area contributed by atoms with Gasteiger partial charge < -0.3 is 25.6 Å². The van der Waals surface area contributed by atoms with E-state index >= 15 is 0 Å². The minimum Gasteiger partial charge on any atom is -0.516 e. The monoisotopic (exact) mass is 695 g/mol. The summed E-state index contributed by atoms with van der Waals surface area (Å²) in [6.45, 7) is 12.9. The molecule has 2 aromatic carbocycles. The molecule has 1 aromatic heterocycles. The third-order valence-corrected chi connectivity index (χ3v) is 7.09. The van der Waals surface area contributed by atoms with Crippen molar-refractivity contribution in [2.75, 3.05) is 20.8 Å². The fourth-order valence-electron chi connectivity index (χ4n) is 4.00. The third kappa shape index (κ3) is 16.9. The van der Waals surface area contributed by atoms with Gasteiger partial charge in [0.05, 0.1) is 18.2 Å². The number of methoxy groups -OCH3 is 1. The number of nitrogens with two attached hydrogens (primary N) is 1. The van der Waals surface area contributed by atoms with Crippen molar-refractivity contribution < 1.29 is 42.5 Å². The van der Waals surface area contributed by atoms with Crippen molar-refractivity contribution >= 4 is 35.7 Å². The second kappa shape index (κ2) is 23.8. The number of aldehydes is 2. The van der Waals surface area contributed by atoms with Crippen molar-refractivity contribution in [3.8, 4) is 5.75 Å². The number of amidine groups is 1. The number of aliphatic hydroxyl groups excluding tert-OH is 2. The van der Waals surface area contributed by atoms with Crippen molar-refractivity contribution in [3.05, 3.63) is 99.7 Å². The van der Waals surface area contributed by atoms with Gasteiger partial charge in [-0.1, -0.05) is 58.5 Å². The van der Waals surface area contributed by atoms with Gasteiger partial charge in [-0.3, -0.25) is 19.8 Å². The number of benzene rings is 2. The van der Waals surface area contributed by atoms with Crippen LogP contribution in [0.4, 0.5) is 13.2 Å². The maximum absolute atomic E-state index is 13.0. The second-order valence-electron chi connectivity index (χ2n) is 10.2. The van der Waals surface area contributed by atoms with Crippen LogP contribution in [0.3, 0.4) is 0 Å². The molecule has 13 heteroatoms. The van der Waals surface area contributed by atoms with E-state index in [-0.39, 0.29) is 17.5 Å². The van der Waals surface area contributed by atoms with Gasteiger partial charge in [0.1, 0.15) is 5.84 Å². The molecule has 266 valence electrons. The molecule has 5 N–H and O–H groups in total. The lowest BCUT2D eigenvalue weighted by molar-refractivity contribution is -0.141. The normalized spacial score (nSPS) is 11.2. The Balaban J connectivity index is 0. The van der Waals surface area contributed by atoms with E-state index in [0.29, 0.717) is 25.5 Å². The fraction of sp³-hybridized carbons (Fsp3) is 0.371. The van der Waals surface area contributed by atoms with Crippen LogP contribution in [-0.2, 0) is 29.0 Å². The zero-order valence-corrected chi connectivity index (χ0v) is 29.4. The number of hydrogen-bond acceptors (Lipinski definition) is 8. The van der Waals surface area contributed by atoms with E-state index < -0.39 is 23.4 Å². The molecule has 9 nitrogen and oxygen atoms in total. The summed E-state index contributed by atoms with van der Waals surface area (Å²) in [6, 6.07) is 16.3. The molecule has 0 bridgehead atoms. The summed E-state index contributed by atoms with van der Waals surface area (Å²) in [5.41, 5.74) is 7.65. The number of amides is 1. The molecule has 1 aliphatic rings. The predicted octanol–water partition coefficient (Wildman–Crippen LogP) is 7.00. The van der Waals surface area contributed by atoms with E-state index in [1.165, 1.54) is 47.8 Å². The largest absolute Gasteiger partial charge is 0.516 e. The highest BCUT2D eigenvalue weighted by Crippen LogP contribution is 2.30. The lowest BCUT2D eigenvalue weighted by Gasteiger charge is -2.35. The highest BCUT2D eigenvalue weighted by Gasteiger charge is 2.34. The lowest BCUT2D eigenvalue weighted by atomic mass is 9.86. The first-order chi connectivity index (χ1) is 22.6. The van der Waals surface area contributed by atoms with E-state index in [0.717, 1.165) is 42.4 Å². The number of rotatable bonds is 7. The van der Waals surface area contributed by atoms with Crippen LogP contribution in [0.15, 0.2) is 67.4 Å². The molecule has 0 radical (unpaired) electrons. The molecule has 3 aromatic rings. The van der Waals surface area contributed by atoms with Crippen LogP contribution in [0.25, 0.3) is 0 Å². The van der Waals surface area contributed by atoms with E-state index in [2.05, 4.69) is 24.8 Å². The van der Waals surface area contributed by atoms with Gasteiger partial charge in [-0.15, -0.1) is 11.3 Å². The number of ether oxygens (including phenoxy) is 1. The summed E-state index contributed by atoms with van der Waals surface area (Å²) in [7, 11) is 2.38. The summed E-state index contributed by atoms with van der Waals surface area (Å²) in [5.74, 6) is -3.46. The lowest BCUT2D eigenvalue weighted by Crippen LogP contribution is -2.44. The average molecular weight is 696 g/mol. The molecule has 0 unspecified atom stereocenters. The Morgan fingerprint density at radius 2 is 1.62 bits per heavy atom. The van der Waals surface area contributed by atoms with E-state index in [1.54, 1.807) is 0 Å². The Morgan fingerprint density at radius 1 is 1.08 bits per heavy atom. The number of nitrogen functional groups attached to an aromatic ring is 1. The summed E-state index contributed by atoms with van der Waals surface area (Å²) in [6.07, 6.45) is 2.81. The quantitative estimate of drug-likeness (QED) is 0.0899. The number of nitrogens with zero attached hydrogens (tertiary/aromatic N) is 1. The van der Waals surface area contributed by atoms with Gasteiger partial charge in [0, 0.05) is 43.0 Å². The highest BCUT2D eigenvalue weighted by molar-refractivity contribution is 7.13. The Hall–Kier alpha value is -4.49. The standard InChI is InChI=1S/C19H21NO2S.C8H9FN2O.C3H4F2O.C2H4O.C2H6.CH4O/c1-19(2,11-16-7-8-17(13-21)23-16)18(22)20-10-9-14-5-3-4-6-15(14)12-20;1-12-7-3-2-5(8(10)11)4-6(7)9;1-3(4,5)2-6;1-2-3;2*1-2/h3-8,13H,9-12H2,1-2H3;2-4H,1H3,(H3,10,11);2H,1H3;2-3H,1H2;1-2H3;2H,1H3. The second-order valence-corrected chi connectivity index (χ2v) is 11.4. The van der Waals surface area contributed by atoms with Crippen LogP contribution in [-0.4, -0.2) is 66.1 Å². The van der Waals surface area contributed by atoms with Crippen LogP contribution < -0.4 is 10.5 Å². The Kier molecular flexibility index (Phi) is 22.6. The van der Waals surface area contributed by atoms with E-state index in [4.69, 9.17) is 30.9 Å². The fourth-order valence-corrected chi connectivity index (χ4v) is 5.05. The zero-order valence-electron chi connectivity index (χ0n) is 28.6. The molecule has 0 fully saturated rings. The van der Waals surface area contributed by atoms with Crippen LogP contribution in [0.5, 0.6) is 5.75 Å². The first-order valence-electron chi connectivity index (χ1n) is 14.7. The number of thiophene rings is 1. The summed E-state index contributed by atoms with van der Waals surface area (Å²) in [4.78, 5) is 36.6. The number of halogens is 3. The van der Waals surface area contributed by atoms with Gasteiger partial charge in [-0.05, 0) is 54.3 Å². The minimum atomic E-state index is -3.14. The number of fused-ring (bicyclic) bond motifs is 1. The number of hydrogen-bond donors (Lipinski definition) is 4. The van der Waals surface area contributed by atoms with Crippen molar-refractivity contribution in [3.63, 3.8) is 0 Å². The molecule has 0 atom stereocenters. The van der Waals surface area contributed by atoms with E-state index in [9.17, 15) is 22.8 Å². The van der Waals surface area contributed by atoms with E-state index in [1.807, 2.05) is 50.8 Å². The number of nitrogens with one attached hydrogen (secondary N) is 1. The first-order valence-corrected chi connectivity index (χ1v) is 15.6. The van der Waals surface area contributed by atoms with Crippen molar-refractivity contribution in [1.82, 2.24) is 4.90 Å². The van der Waals surface area contributed by atoms with Crippen molar-refractivity contribution in [1.29, 1.82) is 5.41 Å². The molecule has 0 aliphatic carbocycles. The maximum atomic E-state index is 13.0. The minimum absolute atomic E-state index is 0.153. The molecule has 48 heavy (non-hydrogen) atoms. The number of carbonyl (C=O) groups excluding carboxylic acids is 3. The molecule has 0 spiro atoms. The Bertz CT molecular complexity index is 1420. The molecule has 1 aliphatic heterocycles. The SMILES string of the molecule is C=CO.CC.CC(C)(Cc1ccc(C=O)s1)C(=O)N1CCc2ccccc2C1.CC(F)(F)C=O.CO.COc1ccc(C(=N)N)cc1F. The molecular weight excluding hydrogens is 647 g/mol. The summed E-state index contributed by atoms with van der Waals surface area (Å²) < 4.78 is 39.8. The summed E-state index contributed by atoms with van der Waals surface area (Å²) >= 11 is 1.47. The molecule has 2 heterocycles. The van der Waals surface area contributed by atoms with Crippen LogP contribution in [0.1, 0.15) is 65.9 Å². The van der Waals surface area contributed by atoms with Gasteiger partial charge in [0.25, 0.3) is 5.92 Å². The van der Waals surface area contributed by atoms with Gasteiger partial charge in [-0.25, -0.2) is 4.39 Å². The Morgan fingerprint density at radius 3 is 2.06 bits per heavy atom. The van der Waals surface area contributed by atoms with Gasteiger partial charge >= 0.3 is 0 Å². The highest BCUT2D eigenvalue weighted by atomic mass is 32.1. The Labute approximate surface area is 285 Å². The van der Waals surface area contributed by atoms with Crippen LogP contribution in [0, 0.1) is 16.6 Å². The smallest absolute Gasteiger partial charge is 0.299 e. The first kappa shape index (κ1) is 45.6. The van der Waals surface area contributed by atoms with Gasteiger partial charge in [-0.2, -0.15) is 8.78 Å².